The van der Waals surface area contributed by atoms with Gasteiger partial charge in [0.2, 0.25) is 13.2 Å². The number of esters is 1. The number of ether oxygens (including phenoxy) is 6. The van der Waals surface area contributed by atoms with Crippen molar-refractivity contribution in [2.75, 3.05) is 39.1 Å². The van der Waals surface area contributed by atoms with Gasteiger partial charge in [0.05, 0.1) is 18.3 Å². The number of allylic oxidation sites excluding steroid dienone is 6. The van der Waals surface area contributed by atoms with Crippen molar-refractivity contribution in [1.82, 2.24) is 4.90 Å². The van der Waals surface area contributed by atoms with Gasteiger partial charge in [-0.3, -0.25) is 33.6 Å². The first-order valence-electron chi connectivity index (χ1n) is 28.5. The Bertz CT molecular complexity index is 2620. The number of fused-ring (bicyclic) bond motifs is 3. The van der Waals surface area contributed by atoms with Crippen molar-refractivity contribution in [1.29, 1.82) is 0 Å². The lowest BCUT2D eigenvalue weighted by Crippen LogP contribution is -2.61. The molecule has 3 heterocycles. The molecule has 1 aromatic rings. The highest BCUT2D eigenvalue weighted by Gasteiger charge is 2.53. The number of cyclic esters (lactones) is 1. The zero-order valence-electron chi connectivity index (χ0n) is 49.0. The third kappa shape index (κ3) is 18.7. The normalized spacial score (nSPS) is 35.3. The van der Waals surface area contributed by atoms with Crippen LogP contribution in [-0.4, -0.2) is 153 Å². The van der Waals surface area contributed by atoms with Gasteiger partial charge in [0, 0.05) is 69.5 Å². The highest BCUT2D eigenvalue weighted by molar-refractivity contribution is 7.77. The summed E-state index contributed by atoms with van der Waals surface area (Å²) in [6, 6.07) is 3.73. The van der Waals surface area contributed by atoms with Crippen LogP contribution in [0.3, 0.4) is 0 Å². The summed E-state index contributed by atoms with van der Waals surface area (Å²) in [5, 5.41) is 26.0. The van der Waals surface area contributed by atoms with Crippen molar-refractivity contribution in [2.24, 2.45) is 35.5 Å². The Morgan fingerprint density at radius 1 is 0.841 bits per heavy atom. The molecule has 2 amide bonds. The van der Waals surface area contributed by atoms with Crippen LogP contribution in [0.1, 0.15) is 126 Å². The predicted octanol–water partition coefficient (Wildman–Crippen LogP) is 7.47. The zero-order chi connectivity index (χ0) is 60.9. The van der Waals surface area contributed by atoms with Crippen LogP contribution in [0, 0.1) is 35.5 Å². The molecule has 458 valence electrons. The van der Waals surface area contributed by atoms with Gasteiger partial charge in [-0.25, -0.2) is 9.59 Å². The van der Waals surface area contributed by atoms with Gasteiger partial charge < -0.3 is 58.2 Å². The first-order valence-corrected chi connectivity index (χ1v) is 32.1. The second-order valence-corrected chi connectivity index (χ2v) is 27.5. The summed E-state index contributed by atoms with van der Waals surface area (Å²) in [6.45, 7) is 12.4. The van der Waals surface area contributed by atoms with Gasteiger partial charge in [0.15, 0.2) is 5.78 Å². The molecule has 0 radical (unpaired) electrons. The molecule has 1 saturated carbocycles. The van der Waals surface area contributed by atoms with E-state index in [0.717, 1.165) is 10.5 Å². The number of amides is 2. The Kier molecular flexibility index (Phi) is 25.4. The van der Waals surface area contributed by atoms with E-state index < -0.39 is 123 Å². The molecule has 21 nitrogen and oxygen atoms in total. The Hall–Kier alpha value is -4.50. The number of carbonyl (C=O) groups excluding carboxylic acids is 6. The Balaban J connectivity index is 1.40. The summed E-state index contributed by atoms with van der Waals surface area (Å²) in [5.74, 6) is -10.2. The van der Waals surface area contributed by atoms with E-state index >= 15 is 0 Å². The number of rotatable bonds is 11. The van der Waals surface area contributed by atoms with Crippen LogP contribution in [0.5, 0.6) is 0 Å². The number of ketones is 3. The number of aliphatic hydroxyl groups excluding tert-OH is 1. The van der Waals surface area contributed by atoms with E-state index in [2.05, 4.69) is 5.32 Å². The lowest BCUT2D eigenvalue weighted by Gasteiger charge is -2.42. The standard InChI is InChI=1S/C59H88N2O19P2/c1-35-16-12-11-13-17-36(2)49(75-8)32-44-23-19-41(7)59(69,80-44)55(65)56(66)61-27-15-14-18-46(61)57(67)78-50(33-47(62)37(3)29-40(6)53(64)54(77-10)52(63)39(5)28-35)38(4)30-42-20-26-48(51(31-42)76-9)79-58(68)60-43-21-24-45(25-22-43)81(70,71)34-82(72,73)74/h11-13,16-17,21-22,24-25,29,35,37-39,41-42,44,46,48-51,53-54,64,69H,14-15,18-20,23,26-28,30-34H2,1-10H3,(H,60,68)(H,70,71)(H2,72,73,74)/b13-11+,16-12+,36-17+,40-29+/t35-,37-,38-,39-,41-,42+,44?,46+,48-,49+,50+,51-,53?,54+,59-/m1/s1. The number of hydrogen-bond acceptors (Lipinski definition) is 16. The Labute approximate surface area is 482 Å². The van der Waals surface area contributed by atoms with Crippen LogP contribution >= 0.6 is 15.0 Å². The largest absolute Gasteiger partial charge is 0.460 e. The van der Waals surface area contributed by atoms with Crippen LogP contribution < -0.4 is 10.6 Å². The van der Waals surface area contributed by atoms with Gasteiger partial charge in [-0.1, -0.05) is 71.1 Å². The summed E-state index contributed by atoms with van der Waals surface area (Å²) < 4.78 is 59.5. The molecular weight excluding hydrogens is 1100 g/mol. The Morgan fingerprint density at radius 2 is 1.54 bits per heavy atom. The summed E-state index contributed by atoms with van der Waals surface area (Å²) in [5.41, 5.74) is 1.36. The van der Waals surface area contributed by atoms with Crippen molar-refractivity contribution in [3.8, 4) is 0 Å². The fourth-order valence-corrected chi connectivity index (χ4v) is 14.9. The van der Waals surface area contributed by atoms with E-state index in [4.69, 9.17) is 28.4 Å². The zero-order valence-corrected chi connectivity index (χ0v) is 50.8. The molecule has 2 saturated heterocycles. The minimum absolute atomic E-state index is 0.0185. The van der Waals surface area contributed by atoms with Gasteiger partial charge in [-0.05, 0) is 131 Å². The third-order valence-corrected chi connectivity index (χ3v) is 20.7. The highest BCUT2D eigenvalue weighted by atomic mass is 31.2. The topological polar surface area (TPSA) is 308 Å². The van der Waals surface area contributed by atoms with Gasteiger partial charge in [0.1, 0.15) is 42.1 Å². The number of Topliss-reactive ketones (excluding diaryl/α,β-unsaturated/α-hetero) is 3. The van der Waals surface area contributed by atoms with Crippen LogP contribution in [0.4, 0.5) is 10.5 Å². The smallest absolute Gasteiger partial charge is 0.411 e. The molecule has 82 heavy (non-hydrogen) atoms. The molecule has 3 aliphatic heterocycles. The molecule has 3 unspecified atom stereocenters. The SMILES string of the molecule is CO[C@H]1CC2CC[C@@H](C)[C@@](O)(O2)C(=O)C(=O)N2CCCC[C@H]2C(=O)O[C@H]([C@H](C)C[C@@H]2CC[C@@H](OC(=O)Nc3ccc(P(=O)(O)CP(=O)(O)O)cc3)[C@H](OC)C2)CC(=O)[C@H](C)/C=C(\C)C(O)[C@@H](OC)C(=O)[C@H](C)C[C@H](C)/C=C/C=C/C=C/1C. The molecule has 3 fully saturated rings. The first kappa shape index (κ1) is 68.3. The maximum Gasteiger partial charge on any atom is 0.411 e. The van der Waals surface area contributed by atoms with Crippen molar-refractivity contribution in [3.63, 3.8) is 0 Å². The van der Waals surface area contributed by atoms with E-state index in [1.54, 1.807) is 40.9 Å². The maximum atomic E-state index is 14.6. The van der Waals surface area contributed by atoms with Gasteiger partial charge in [-0.2, -0.15) is 0 Å². The van der Waals surface area contributed by atoms with E-state index in [0.29, 0.717) is 63.4 Å². The molecule has 16 atom stereocenters. The monoisotopic (exact) mass is 1190 g/mol. The average molecular weight is 1190 g/mol. The lowest BCUT2D eigenvalue weighted by atomic mass is 9.78. The quantitative estimate of drug-likeness (QED) is 0.0542. The van der Waals surface area contributed by atoms with Crippen molar-refractivity contribution < 1.29 is 91.2 Å². The summed E-state index contributed by atoms with van der Waals surface area (Å²) in [7, 11) is -4.82. The van der Waals surface area contributed by atoms with Gasteiger partial charge in [-0.15, -0.1) is 0 Å². The molecule has 0 spiro atoms. The fraction of sp³-hybridized carbons (Fsp3) is 0.661. The van der Waals surface area contributed by atoms with E-state index in [-0.39, 0.29) is 60.2 Å². The fourth-order valence-electron chi connectivity index (χ4n) is 11.6. The van der Waals surface area contributed by atoms with Crippen LogP contribution in [-0.2, 0) is 61.5 Å². The molecule has 6 N–H and O–H groups in total. The minimum Gasteiger partial charge on any atom is -0.460 e. The predicted molar refractivity (Wildman–Crippen MR) is 306 cm³/mol. The molecule has 5 rings (SSSR count). The second-order valence-electron chi connectivity index (χ2n) is 23.1. The number of nitrogens with one attached hydrogen (secondary N) is 1. The number of hydrogen-bond donors (Lipinski definition) is 6. The molecule has 0 aromatic heterocycles. The molecule has 1 aliphatic carbocycles. The number of methoxy groups -OCH3 is 3. The number of piperidine rings is 1. The van der Waals surface area contributed by atoms with E-state index in [1.807, 2.05) is 51.2 Å². The van der Waals surface area contributed by atoms with Crippen molar-refractivity contribution in [2.45, 2.75) is 180 Å². The summed E-state index contributed by atoms with van der Waals surface area (Å²) in [4.78, 5) is 115. The van der Waals surface area contributed by atoms with Crippen LogP contribution in [0.25, 0.3) is 0 Å². The summed E-state index contributed by atoms with van der Waals surface area (Å²) in [6.07, 6.45) is 8.19. The number of aliphatic hydroxyl groups is 2. The van der Waals surface area contributed by atoms with Gasteiger partial charge in [0.25, 0.3) is 11.7 Å². The first-order chi connectivity index (χ1) is 38.5. The van der Waals surface area contributed by atoms with Crippen LogP contribution in [0.2, 0.25) is 0 Å². The highest BCUT2D eigenvalue weighted by Crippen LogP contribution is 2.54. The molecule has 2 bridgehead atoms. The minimum atomic E-state index is -4.80. The molecule has 23 heteroatoms. The lowest BCUT2D eigenvalue weighted by molar-refractivity contribution is -0.265. The number of nitrogens with zero attached hydrogens (tertiary/aromatic N) is 1. The van der Waals surface area contributed by atoms with Gasteiger partial charge >= 0.3 is 19.7 Å². The molecule has 1 aromatic carbocycles. The Morgan fingerprint density at radius 3 is 2.18 bits per heavy atom. The molecular formula is C59H88N2O19P2. The second kappa shape index (κ2) is 30.5. The van der Waals surface area contributed by atoms with Crippen molar-refractivity contribution >= 4 is 61.3 Å². The van der Waals surface area contributed by atoms with Crippen molar-refractivity contribution in [3.05, 3.63) is 71.9 Å². The molecule has 4 aliphatic rings. The number of carbonyl (C=O) groups is 6. The van der Waals surface area contributed by atoms with E-state index in [1.165, 1.54) is 38.5 Å². The third-order valence-electron chi connectivity index (χ3n) is 16.6. The maximum absolute atomic E-state index is 14.6. The number of benzene rings is 1. The van der Waals surface area contributed by atoms with Crippen LogP contribution in [0.15, 0.2) is 71.9 Å². The number of anilines is 1. The average Bonchev–Trinajstić information content (AvgIpc) is 3.37. The van der Waals surface area contributed by atoms with E-state index in [9.17, 15) is 62.8 Å². The summed E-state index contributed by atoms with van der Waals surface area (Å²) >= 11 is 0.